The average molecular weight is 1080 g/mol. The lowest BCUT2D eigenvalue weighted by atomic mass is 9.77. The number of carbonyl (C=O) groups is 8. The molecule has 0 spiro atoms. The normalized spacial score (nSPS) is 24.3. The predicted octanol–water partition coefficient (Wildman–Crippen LogP) is 4.26. The van der Waals surface area contributed by atoms with Crippen LogP contribution in [0, 0.1) is 34.5 Å². The molecule has 5 aliphatic rings. The molecule has 2 saturated heterocycles. The lowest BCUT2D eigenvalue weighted by Crippen LogP contribution is -2.60. The van der Waals surface area contributed by atoms with Gasteiger partial charge < -0.3 is 52.3 Å². The van der Waals surface area contributed by atoms with Crippen molar-refractivity contribution in [3.8, 4) is 0 Å². The Balaban J connectivity index is 0.00000722. The molecule has 0 bridgehead atoms. The van der Waals surface area contributed by atoms with E-state index in [1.807, 2.05) is 41.5 Å². The molecule has 74 heavy (non-hydrogen) atoms. The summed E-state index contributed by atoms with van der Waals surface area (Å²) in [5.74, 6) is -2.94. The van der Waals surface area contributed by atoms with Gasteiger partial charge in [-0.25, -0.2) is 0 Å². The molecule has 8 N–H and O–H groups in total. The van der Waals surface area contributed by atoms with E-state index in [1.54, 1.807) is 37.7 Å². The van der Waals surface area contributed by atoms with Crippen molar-refractivity contribution in [3.05, 3.63) is 0 Å². The van der Waals surface area contributed by atoms with Gasteiger partial charge in [0, 0.05) is 50.1 Å². The molecule has 424 valence electrons. The molecule has 5 fully saturated rings. The first-order chi connectivity index (χ1) is 34.1. The van der Waals surface area contributed by atoms with Crippen LogP contribution in [0.1, 0.15) is 171 Å². The Kier molecular flexibility index (Phi) is 25.9. The van der Waals surface area contributed by atoms with Gasteiger partial charge in [-0.1, -0.05) is 92.9 Å². The first-order valence-electron chi connectivity index (χ1n) is 27.8. The topological polar surface area (TPSA) is 239 Å². The zero-order valence-electron chi connectivity index (χ0n) is 46.5. The van der Waals surface area contributed by atoms with E-state index in [0.29, 0.717) is 51.6 Å². The summed E-state index contributed by atoms with van der Waals surface area (Å²) in [6, 6.07) is -4.80. The highest BCUT2D eigenvalue weighted by Crippen LogP contribution is 2.34. The first kappa shape index (κ1) is 64.5. The molecular formula is C54H96Cl2N10O8. The van der Waals surface area contributed by atoms with Gasteiger partial charge in [-0.05, 0) is 115 Å². The number of halogens is 2. The first-order valence-corrected chi connectivity index (χ1v) is 27.8. The van der Waals surface area contributed by atoms with Crippen molar-refractivity contribution in [1.29, 1.82) is 0 Å². The van der Waals surface area contributed by atoms with Crippen LogP contribution in [-0.2, 0) is 38.4 Å². The molecule has 18 nitrogen and oxygen atoms in total. The average Bonchev–Trinajstić information content (AvgIpc) is 4.08. The number of hydrogen-bond acceptors (Lipinski definition) is 10. The van der Waals surface area contributed by atoms with Gasteiger partial charge in [0.25, 0.3) is 0 Å². The molecule has 0 aromatic rings. The van der Waals surface area contributed by atoms with Crippen LogP contribution in [0.15, 0.2) is 0 Å². The Labute approximate surface area is 455 Å². The molecule has 3 saturated carbocycles. The Hall–Kier alpha value is -3.74. The second-order valence-electron chi connectivity index (χ2n) is 24.0. The van der Waals surface area contributed by atoms with E-state index >= 15 is 0 Å². The van der Waals surface area contributed by atoms with E-state index in [0.717, 1.165) is 77.0 Å². The van der Waals surface area contributed by atoms with Gasteiger partial charge in [0.2, 0.25) is 47.3 Å². The minimum atomic E-state index is -0.831. The molecule has 2 unspecified atom stereocenters. The molecule has 8 amide bonds. The fourth-order valence-corrected chi connectivity index (χ4v) is 11.8. The van der Waals surface area contributed by atoms with Crippen molar-refractivity contribution < 1.29 is 38.4 Å². The lowest BCUT2D eigenvalue weighted by molar-refractivity contribution is -0.144. The van der Waals surface area contributed by atoms with Gasteiger partial charge in [-0.3, -0.25) is 38.4 Å². The van der Waals surface area contributed by atoms with Crippen LogP contribution in [0.3, 0.4) is 0 Å². The maximum Gasteiger partial charge on any atom is 0.246 e. The number of amides is 8. The van der Waals surface area contributed by atoms with Crippen molar-refractivity contribution in [2.24, 2.45) is 34.5 Å². The van der Waals surface area contributed by atoms with Crippen molar-refractivity contribution in [3.63, 3.8) is 0 Å². The van der Waals surface area contributed by atoms with Crippen LogP contribution in [-0.4, -0.2) is 146 Å². The minimum Gasteiger partial charge on any atom is -0.354 e. The summed E-state index contributed by atoms with van der Waals surface area (Å²) in [5, 5.41) is 24.7. The number of nitrogens with zero attached hydrogens (tertiary/aromatic N) is 2. The molecule has 0 aromatic heterocycles. The number of likely N-dealkylation sites (tertiary alicyclic amines) is 2. The SMILES string of the molecule is CN[C@@H](C)C(=O)N[C@H](C(=O)N1CCC[C@H]1C(=O)N[C@H](CNC(=O)C1CCCCC1C(=O)NC[C@@H](NC(=O)[C@@H]1CCCN1C(=O)[C@@H](NC(=O)[C@H](C)NC)C(C)(C)C)C1CCCCC1)C1CCCCC1)C(C)(C)C.Cl.Cl. The summed E-state index contributed by atoms with van der Waals surface area (Å²) in [7, 11) is 3.37. The van der Waals surface area contributed by atoms with Crippen LogP contribution < -0.4 is 42.5 Å². The predicted molar refractivity (Wildman–Crippen MR) is 292 cm³/mol. The molecule has 5 rings (SSSR count). The van der Waals surface area contributed by atoms with Crippen molar-refractivity contribution in [2.45, 2.75) is 219 Å². The third-order valence-corrected chi connectivity index (χ3v) is 16.7. The van der Waals surface area contributed by atoms with E-state index in [-0.39, 0.29) is 109 Å². The molecule has 0 aromatic carbocycles. The van der Waals surface area contributed by atoms with Crippen LogP contribution in [0.25, 0.3) is 0 Å². The van der Waals surface area contributed by atoms with Crippen LogP contribution in [0.4, 0.5) is 0 Å². The standard InChI is InChI=1S/C54H94N10O8.2ClH/c1-33(55-9)45(65)61-43(53(3,4)5)51(71)63-29-19-27-41(63)49(69)59-39(35-21-13-11-14-22-35)31-57-47(67)37-25-17-18-26-38(37)48(68)58-32-40(36-23-15-12-16-24-36)60-50(70)42-28-20-30-64(42)52(72)44(54(6,7)8)62-46(66)34(2)56-10;;/h33-44,55-56H,11-32H2,1-10H3,(H,57,67)(H,58,68)(H,59,69)(H,60,70)(H,61,65)(H,62,66);2*1H/t33-,34-,37?,38?,39+,40+,41-,42-,43+,44+;;/m0../s1. The van der Waals surface area contributed by atoms with E-state index in [2.05, 4.69) is 42.5 Å². The van der Waals surface area contributed by atoms with Crippen molar-refractivity contribution >= 4 is 72.1 Å². The molecule has 2 heterocycles. The third-order valence-electron chi connectivity index (χ3n) is 16.7. The Morgan fingerprint density at radius 2 is 0.770 bits per heavy atom. The van der Waals surface area contributed by atoms with E-state index in [1.165, 1.54) is 0 Å². The van der Waals surface area contributed by atoms with Crippen LogP contribution in [0.2, 0.25) is 0 Å². The smallest absolute Gasteiger partial charge is 0.246 e. The van der Waals surface area contributed by atoms with Crippen molar-refractivity contribution in [2.75, 3.05) is 40.3 Å². The molecule has 10 atom stereocenters. The molecule has 20 heteroatoms. The molecule has 2 aliphatic heterocycles. The molecular weight excluding hydrogens is 988 g/mol. The minimum absolute atomic E-state index is 0. The second-order valence-corrected chi connectivity index (χ2v) is 24.0. The summed E-state index contributed by atoms with van der Waals surface area (Å²) in [6.07, 6.45) is 15.0. The Bertz CT molecular complexity index is 1750. The fraction of sp³-hybridized carbons (Fsp3) is 0.852. The number of hydrogen-bond donors (Lipinski definition) is 8. The zero-order valence-corrected chi connectivity index (χ0v) is 48.1. The maximum absolute atomic E-state index is 14.3. The summed E-state index contributed by atoms with van der Waals surface area (Å²) >= 11 is 0. The zero-order chi connectivity index (χ0) is 52.9. The van der Waals surface area contributed by atoms with Gasteiger partial charge in [-0.2, -0.15) is 0 Å². The van der Waals surface area contributed by atoms with Crippen LogP contribution in [0.5, 0.6) is 0 Å². The molecule has 0 radical (unpaired) electrons. The number of rotatable bonds is 20. The monoisotopic (exact) mass is 1080 g/mol. The Morgan fingerprint density at radius 1 is 0.446 bits per heavy atom. The summed E-state index contributed by atoms with van der Waals surface area (Å²) in [4.78, 5) is 115. The molecule has 3 aliphatic carbocycles. The summed E-state index contributed by atoms with van der Waals surface area (Å²) in [5.41, 5.74) is -1.21. The van der Waals surface area contributed by atoms with Gasteiger partial charge >= 0.3 is 0 Å². The fourth-order valence-electron chi connectivity index (χ4n) is 11.8. The highest BCUT2D eigenvalue weighted by molar-refractivity contribution is 5.95. The highest BCUT2D eigenvalue weighted by atomic mass is 35.5. The summed E-state index contributed by atoms with van der Waals surface area (Å²) < 4.78 is 0. The van der Waals surface area contributed by atoms with Gasteiger partial charge in [0.15, 0.2) is 0 Å². The lowest BCUT2D eigenvalue weighted by Gasteiger charge is -2.37. The van der Waals surface area contributed by atoms with Crippen LogP contribution >= 0.6 is 24.8 Å². The summed E-state index contributed by atoms with van der Waals surface area (Å²) in [6.45, 7) is 16.1. The van der Waals surface area contributed by atoms with Crippen molar-refractivity contribution in [1.82, 2.24) is 52.3 Å². The highest BCUT2D eigenvalue weighted by Gasteiger charge is 2.45. The number of nitrogens with one attached hydrogen (secondary N) is 8. The largest absolute Gasteiger partial charge is 0.354 e. The maximum atomic E-state index is 14.3. The van der Waals surface area contributed by atoms with E-state index in [4.69, 9.17) is 0 Å². The van der Waals surface area contributed by atoms with E-state index < -0.39 is 58.9 Å². The second kappa shape index (κ2) is 29.7. The quantitative estimate of drug-likeness (QED) is 0.0863. The van der Waals surface area contributed by atoms with Gasteiger partial charge in [0.1, 0.15) is 24.2 Å². The third kappa shape index (κ3) is 17.4. The van der Waals surface area contributed by atoms with E-state index in [9.17, 15) is 38.4 Å². The number of carbonyl (C=O) groups excluding carboxylic acids is 8. The Morgan fingerprint density at radius 3 is 1.08 bits per heavy atom. The van der Waals surface area contributed by atoms with Gasteiger partial charge in [-0.15, -0.1) is 24.8 Å². The van der Waals surface area contributed by atoms with Gasteiger partial charge in [0.05, 0.1) is 12.1 Å². The number of likely N-dealkylation sites (N-methyl/N-ethyl adjacent to an activating group) is 2.